The second-order valence-corrected chi connectivity index (χ2v) is 18.7. The predicted octanol–water partition coefficient (Wildman–Crippen LogP) is 18.2. The lowest BCUT2D eigenvalue weighted by molar-refractivity contribution is 0.668. The van der Waals surface area contributed by atoms with Gasteiger partial charge in [-0.3, -0.25) is 0 Å². The van der Waals surface area contributed by atoms with E-state index in [1.54, 1.807) is 0 Å². The van der Waals surface area contributed by atoms with Crippen LogP contribution in [-0.4, -0.2) is 0 Å². The van der Waals surface area contributed by atoms with Crippen LogP contribution in [0.1, 0.15) is 22.3 Å². The molecule has 2 heterocycles. The molecule has 3 heteroatoms. The quantitative estimate of drug-likeness (QED) is 0.176. The van der Waals surface area contributed by atoms with Gasteiger partial charge in [0.2, 0.25) is 0 Å². The van der Waals surface area contributed by atoms with Gasteiger partial charge in [-0.05, 0) is 146 Å². The van der Waals surface area contributed by atoms with Crippen LogP contribution in [-0.2, 0) is 5.41 Å². The summed E-state index contributed by atoms with van der Waals surface area (Å²) in [6.45, 7) is 0. The fourth-order valence-corrected chi connectivity index (χ4v) is 12.4. The fraction of sp³-hybridized carbons (Fsp3) is 0.0149. The zero-order chi connectivity index (χ0) is 45.9. The topological polar surface area (TPSA) is 19.6 Å². The summed E-state index contributed by atoms with van der Waals surface area (Å²) in [4.78, 5) is 4.87. The van der Waals surface area contributed by atoms with Gasteiger partial charge in [0.15, 0.2) is 0 Å². The van der Waals surface area contributed by atoms with Crippen molar-refractivity contribution in [3.05, 3.63) is 277 Å². The summed E-state index contributed by atoms with van der Waals surface area (Å²) in [6.07, 6.45) is 0. The minimum absolute atomic E-state index is 0.695. The lowest BCUT2D eigenvalue weighted by atomic mass is 9.65. The van der Waals surface area contributed by atoms with Gasteiger partial charge in [-0.15, -0.1) is 0 Å². The maximum absolute atomic E-state index is 6.64. The van der Waals surface area contributed by atoms with Gasteiger partial charge in [-0.2, -0.15) is 0 Å². The van der Waals surface area contributed by atoms with Gasteiger partial charge in [0.1, 0.15) is 11.2 Å². The molecule has 326 valence electrons. The minimum atomic E-state index is -0.695. The molecule has 0 amide bonds. The van der Waals surface area contributed by atoms with Crippen molar-refractivity contribution < 1.29 is 4.42 Å². The highest BCUT2D eigenvalue weighted by molar-refractivity contribution is 6.09. The highest BCUT2D eigenvalue weighted by Gasteiger charge is 2.50. The third kappa shape index (κ3) is 5.40. The van der Waals surface area contributed by atoms with Gasteiger partial charge in [0, 0.05) is 44.6 Å². The zero-order valence-electron chi connectivity index (χ0n) is 38.1. The Bertz CT molecular complexity index is 4090. The summed E-state index contributed by atoms with van der Waals surface area (Å²) in [6, 6.07) is 94.1. The van der Waals surface area contributed by atoms with E-state index in [0.717, 1.165) is 56.1 Å². The van der Waals surface area contributed by atoms with Crippen molar-refractivity contribution in [2.45, 2.75) is 5.41 Å². The molecule has 3 aliphatic rings. The van der Waals surface area contributed by atoms with Crippen molar-refractivity contribution in [2.24, 2.45) is 0 Å². The van der Waals surface area contributed by atoms with E-state index in [-0.39, 0.29) is 0 Å². The summed E-state index contributed by atoms with van der Waals surface area (Å²) >= 11 is 0. The zero-order valence-corrected chi connectivity index (χ0v) is 38.1. The van der Waals surface area contributed by atoms with E-state index >= 15 is 0 Å². The maximum Gasteiger partial charge on any atom is 0.136 e. The number of nitrogens with zero attached hydrogens (tertiary/aromatic N) is 2. The van der Waals surface area contributed by atoms with Crippen molar-refractivity contribution in [2.75, 3.05) is 9.80 Å². The molecule has 11 aromatic carbocycles. The van der Waals surface area contributed by atoms with E-state index in [1.807, 2.05) is 0 Å². The average Bonchev–Trinajstić information content (AvgIpc) is 3.87. The normalized spacial score (nSPS) is 14.6. The molecule has 3 nitrogen and oxygen atoms in total. The number of hydrogen-bond acceptors (Lipinski definition) is 3. The standard InChI is InChI=1S/C67H42N2O/c1-3-19-43(20-4-1)68(45-35-37-49-53-27-11-16-32-63(53)69(44-21-5-2-6-22-44)64-33-17-12-28-54(64)56(49)39-45)46-36-38-52-48-24-8-7-23-47(48)50-25-9-14-30-59(50)67(61(52)40-46)60-31-15-10-26-51(60)57-42-66-58(41-62(57)67)55-29-13-18-34-65(55)70-66/h1-42H. The van der Waals surface area contributed by atoms with Crippen LogP contribution >= 0.6 is 0 Å². The van der Waals surface area contributed by atoms with Gasteiger partial charge < -0.3 is 14.2 Å². The molecule has 0 bridgehead atoms. The molecule has 2 aliphatic carbocycles. The van der Waals surface area contributed by atoms with Crippen LogP contribution in [0.25, 0.3) is 77.6 Å². The minimum Gasteiger partial charge on any atom is -0.456 e. The Labute approximate surface area is 406 Å². The Morgan fingerprint density at radius 1 is 0.286 bits per heavy atom. The summed E-state index contributed by atoms with van der Waals surface area (Å²) in [5.41, 5.74) is 24.9. The van der Waals surface area contributed by atoms with Crippen LogP contribution in [0.3, 0.4) is 0 Å². The van der Waals surface area contributed by atoms with E-state index in [2.05, 4.69) is 265 Å². The summed E-state index contributed by atoms with van der Waals surface area (Å²) < 4.78 is 6.64. The van der Waals surface area contributed by atoms with Crippen LogP contribution in [0.15, 0.2) is 259 Å². The lowest BCUT2D eigenvalue weighted by Crippen LogP contribution is -2.29. The number of fused-ring (bicyclic) bond motifs is 20. The molecule has 0 fully saturated rings. The van der Waals surface area contributed by atoms with Gasteiger partial charge in [-0.1, -0.05) is 176 Å². The van der Waals surface area contributed by atoms with Crippen molar-refractivity contribution in [3.8, 4) is 55.6 Å². The third-order valence-corrected chi connectivity index (χ3v) is 15.2. The monoisotopic (exact) mass is 890 g/mol. The molecule has 12 aromatic rings. The molecule has 0 radical (unpaired) electrons. The Balaban J connectivity index is 1.02. The number of benzene rings is 11. The Morgan fingerprint density at radius 2 is 0.771 bits per heavy atom. The van der Waals surface area contributed by atoms with Gasteiger partial charge in [0.05, 0.1) is 16.8 Å². The fourth-order valence-electron chi connectivity index (χ4n) is 12.4. The second kappa shape index (κ2) is 14.9. The SMILES string of the molecule is c1ccc(N(c2ccc3c(c2)-c2ccccc2N(c2ccccc2)c2ccccc2-3)c2ccc3c(c2)C2(c4ccccc4-c4ccccc4-3)c3ccccc3-c3cc4oc5ccccc5c4cc32)cc1. The van der Waals surface area contributed by atoms with E-state index in [0.29, 0.717) is 0 Å². The molecule has 0 saturated heterocycles. The predicted molar refractivity (Wildman–Crippen MR) is 289 cm³/mol. The van der Waals surface area contributed by atoms with E-state index in [9.17, 15) is 0 Å². The maximum atomic E-state index is 6.64. The first-order chi connectivity index (χ1) is 34.7. The molecule has 1 unspecified atom stereocenters. The number of hydrogen-bond donors (Lipinski definition) is 0. The Hall–Kier alpha value is -9.18. The number of furan rings is 1. The largest absolute Gasteiger partial charge is 0.456 e. The molecule has 1 aromatic heterocycles. The third-order valence-electron chi connectivity index (χ3n) is 15.2. The molecule has 70 heavy (non-hydrogen) atoms. The molecular weight excluding hydrogens is 849 g/mol. The lowest BCUT2D eigenvalue weighted by Gasteiger charge is -2.36. The number of para-hydroxylation sites is 5. The molecule has 15 rings (SSSR count). The second-order valence-electron chi connectivity index (χ2n) is 18.7. The molecular formula is C67H42N2O. The number of rotatable bonds is 4. The average molecular weight is 891 g/mol. The van der Waals surface area contributed by atoms with Crippen LogP contribution in [0.4, 0.5) is 34.1 Å². The van der Waals surface area contributed by atoms with Crippen LogP contribution < -0.4 is 9.80 Å². The van der Waals surface area contributed by atoms with Crippen molar-refractivity contribution in [3.63, 3.8) is 0 Å². The molecule has 1 aliphatic heterocycles. The van der Waals surface area contributed by atoms with E-state index < -0.39 is 5.41 Å². The smallest absolute Gasteiger partial charge is 0.136 e. The van der Waals surface area contributed by atoms with Crippen molar-refractivity contribution >= 4 is 56.1 Å². The van der Waals surface area contributed by atoms with Crippen molar-refractivity contribution in [1.29, 1.82) is 0 Å². The summed E-state index contributed by atoms with van der Waals surface area (Å²) in [5, 5.41) is 2.25. The van der Waals surface area contributed by atoms with Crippen LogP contribution in [0.2, 0.25) is 0 Å². The molecule has 1 spiro atoms. The highest BCUT2D eigenvalue weighted by atomic mass is 16.3. The van der Waals surface area contributed by atoms with Crippen LogP contribution in [0, 0.1) is 0 Å². The highest BCUT2D eigenvalue weighted by Crippen LogP contribution is 2.63. The Kier molecular flexibility index (Phi) is 8.28. The molecule has 0 N–H and O–H groups in total. The summed E-state index contributed by atoms with van der Waals surface area (Å²) in [7, 11) is 0. The van der Waals surface area contributed by atoms with Crippen LogP contribution in [0.5, 0.6) is 0 Å². The first-order valence-electron chi connectivity index (χ1n) is 24.2. The molecule has 0 saturated carbocycles. The first-order valence-corrected chi connectivity index (χ1v) is 24.2. The van der Waals surface area contributed by atoms with Crippen molar-refractivity contribution in [1.82, 2.24) is 0 Å². The van der Waals surface area contributed by atoms with E-state index in [1.165, 1.54) is 77.9 Å². The first kappa shape index (κ1) is 38.9. The van der Waals surface area contributed by atoms with Gasteiger partial charge in [-0.25, -0.2) is 0 Å². The Morgan fingerprint density at radius 3 is 1.47 bits per heavy atom. The number of anilines is 6. The van der Waals surface area contributed by atoms with E-state index in [4.69, 9.17) is 4.42 Å². The summed E-state index contributed by atoms with van der Waals surface area (Å²) in [5.74, 6) is 0. The van der Waals surface area contributed by atoms with Gasteiger partial charge >= 0.3 is 0 Å². The molecule has 1 atom stereocenters. The van der Waals surface area contributed by atoms with Gasteiger partial charge in [0.25, 0.3) is 0 Å².